The van der Waals surface area contributed by atoms with Gasteiger partial charge in [-0.25, -0.2) is 4.79 Å². The molecule has 0 bridgehead atoms. The molecular formula is C25H27Cl2F2N2O2P. The van der Waals surface area contributed by atoms with E-state index in [1.54, 1.807) is 0 Å². The van der Waals surface area contributed by atoms with Crippen LogP contribution in [0.5, 0.6) is 0 Å². The molecule has 0 spiro atoms. The molecule has 0 aliphatic carbocycles. The van der Waals surface area contributed by atoms with E-state index in [-0.39, 0.29) is 0 Å². The van der Waals surface area contributed by atoms with E-state index in [1.807, 2.05) is 18.2 Å². The van der Waals surface area contributed by atoms with Crippen molar-refractivity contribution in [2.24, 2.45) is 5.73 Å². The number of halogens is 4. The Labute approximate surface area is 210 Å². The summed E-state index contributed by atoms with van der Waals surface area (Å²) in [5.74, 6) is -2.13. The van der Waals surface area contributed by atoms with Gasteiger partial charge in [0.15, 0.2) is 0 Å². The van der Waals surface area contributed by atoms with Crippen LogP contribution in [0.4, 0.5) is 8.78 Å². The Bertz CT molecular complexity index is 1090. The molecule has 9 heteroatoms. The minimum Gasteiger partial charge on any atom is -0.477 e. The van der Waals surface area contributed by atoms with Crippen LogP contribution in [-0.4, -0.2) is 21.6 Å². The summed E-state index contributed by atoms with van der Waals surface area (Å²) in [6.45, 7) is 5.14. The predicted octanol–water partition coefficient (Wildman–Crippen LogP) is 6.50. The summed E-state index contributed by atoms with van der Waals surface area (Å²) in [7, 11) is 0.898. The van der Waals surface area contributed by atoms with E-state index in [0.29, 0.717) is 16.6 Å². The van der Waals surface area contributed by atoms with Crippen LogP contribution in [-0.2, 0) is 31.0 Å². The highest BCUT2D eigenvalue weighted by Gasteiger charge is 2.31. The van der Waals surface area contributed by atoms with Gasteiger partial charge in [-0.05, 0) is 50.6 Å². The Hall–Kier alpha value is -2.08. The Morgan fingerprint density at radius 1 is 0.912 bits per heavy atom. The SMILES string of the molecule is Cc1ccc(CN(Cc2cccc(CN)c2)Cc2ccc(Cl)c(Cl)c2)cc1.O=C(O)C(F)(F)P. The fraction of sp³-hybridized carbons (Fsp3) is 0.240. The minimum atomic E-state index is -3.67. The lowest BCUT2D eigenvalue weighted by atomic mass is 10.1. The molecule has 0 saturated carbocycles. The number of alkyl halides is 2. The van der Waals surface area contributed by atoms with Crippen LogP contribution in [0.1, 0.15) is 27.8 Å². The number of rotatable bonds is 8. The molecule has 3 N–H and O–H groups in total. The van der Waals surface area contributed by atoms with Crippen molar-refractivity contribution in [2.75, 3.05) is 0 Å². The zero-order chi connectivity index (χ0) is 25.3. The van der Waals surface area contributed by atoms with Gasteiger partial charge in [0, 0.05) is 26.2 Å². The van der Waals surface area contributed by atoms with Crippen molar-refractivity contribution >= 4 is 38.4 Å². The molecule has 0 heterocycles. The molecule has 182 valence electrons. The van der Waals surface area contributed by atoms with Crippen LogP contribution >= 0.6 is 32.4 Å². The number of nitrogens with zero attached hydrogens (tertiary/aromatic N) is 1. The van der Waals surface area contributed by atoms with Gasteiger partial charge in [0.05, 0.1) is 10.0 Å². The van der Waals surface area contributed by atoms with Crippen LogP contribution in [0.25, 0.3) is 0 Å². The Morgan fingerprint density at radius 3 is 1.94 bits per heavy atom. The van der Waals surface area contributed by atoms with Crippen LogP contribution in [0.15, 0.2) is 66.7 Å². The molecule has 0 aliphatic rings. The highest BCUT2D eigenvalue weighted by atomic mass is 35.5. The second-order valence-electron chi connectivity index (χ2n) is 7.83. The molecule has 0 fully saturated rings. The molecule has 0 radical (unpaired) electrons. The van der Waals surface area contributed by atoms with Gasteiger partial charge in [0.1, 0.15) is 0 Å². The maximum atomic E-state index is 11.2. The topological polar surface area (TPSA) is 66.6 Å². The fourth-order valence-corrected chi connectivity index (χ4v) is 3.45. The summed E-state index contributed by atoms with van der Waals surface area (Å²) in [5.41, 5.74) is 8.24. The Balaban J connectivity index is 0.000000509. The average molecular weight is 527 g/mol. The first-order valence-electron chi connectivity index (χ1n) is 10.4. The summed E-state index contributed by atoms with van der Waals surface area (Å²) in [5, 5.41) is 8.66. The van der Waals surface area contributed by atoms with Crippen molar-refractivity contribution in [3.05, 3.63) is 105 Å². The summed E-state index contributed by atoms with van der Waals surface area (Å²) in [6.07, 6.45) is 0. The minimum absolute atomic E-state index is 0.554. The number of nitrogens with two attached hydrogens (primary N) is 1. The smallest absolute Gasteiger partial charge is 0.378 e. The predicted molar refractivity (Wildman–Crippen MR) is 137 cm³/mol. The third-order valence-corrected chi connectivity index (χ3v) is 5.82. The summed E-state index contributed by atoms with van der Waals surface area (Å²) < 4.78 is 22.4. The van der Waals surface area contributed by atoms with Gasteiger partial charge in [-0.3, -0.25) is 4.90 Å². The lowest BCUT2D eigenvalue weighted by molar-refractivity contribution is -0.153. The van der Waals surface area contributed by atoms with Gasteiger partial charge in [0.25, 0.3) is 0 Å². The lowest BCUT2D eigenvalue weighted by Gasteiger charge is -2.23. The first-order valence-corrected chi connectivity index (χ1v) is 11.7. The van der Waals surface area contributed by atoms with Crippen molar-refractivity contribution < 1.29 is 18.7 Å². The van der Waals surface area contributed by atoms with Gasteiger partial charge in [-0.15, -0.1) is 0 Å². The number of aryl methyl sites for hydroxylation is 1. The number of hydrogen-bond donors (Lipinski definition) is 2. The van der Waals surface area contributed by atoms with Crippen molar-refractivity contribution in [3.63, 3.8) is 0 Å². The molecule has 1 atom stereocenters. The van der Waals surface area contributed by atoms with Gasteiger partial charge >= 0.3 is 11.6 Å². The molecular weight excluding hydrogens is 500 g/mol. The van der Waals surface area contributed by atoms with E-state index < -0.39 is 11.6 Å². The molecule has 0 amide bonds. The van der Waals surface area contributed by atoms with Crippen LogP contribution in [0.2, 0.25) is 10.0 Å². The Morgan fingerprint density at radius 2 is 1.41 bits per heavy atom. The summed E-state index contributed by atoms with van der Waals surface area (Å²) in [6, 6.07) is 23.0. The number of carbonyl (C=O) groups is 1. The molecule has 4 nitrogen and oxygen atoms in total. The van der Waals surface area contributed by atoms with Gasteiger partial charge in [0.2, 0.25) is 0 Å². The zero-order valence-corrected chi connectivity index (χ0v) is 21.3. The lowest BCUT2D eigenvalue weighted by Crippen LogP contribution is -2.22. The van der Waals surface area contributed by atoms with Crippen LogP contribution in [0, 0.1) is 6.92 Å². The van der Waals surface area contributed by atoms with E-state index in [1.165, 1.54) is 16.7 Å². The number of carboxylic acids is 1. The fourth-order valence-electron chi connectivity index (χ4n) is 3.13. The van der Waals surface area contributed by atoms with Crippen molar-refractivity contribution in [3.8, 4) is 0 Å². The van der Waals surface area contributed by atoms with Crippen molar-refractivity contribution in [1.29, 1.82) is 0 Å². The summed E-state index contributed by atoms with van der Waals surface area (Å²) >= 11 is 12.3. The third-order valence-electron chi connectivity index (χ3n) is 4.84. The maximum absolute atomic E-state index is 11.2. The normalized spacial score (nSPS) is 11.2. The second-order valence-corrected chi connectivity index (χ2v) is 9.37. The first kappa shape index (κ1) is 28.2. The monoisotopic (exact) mass is 526 g/mol. The van der Waals surface area contributed by atoms with E-state index >= 15 is 0 Å². The molecule has 0 aliphatic heterocycles. The van der Waals surface area contributed by atoms with E-state index in [9.17, 15) is 13.6 Å². The van der Waals surface area contributed by atoms with E-state index in [0.717, 1.165) is 40.0 Å². The molecule has 3 aromatic carbocycles. The third kappa shape index (κ3) is 9.65. The average Bonchev–Trinajstić information content (AvgIpc) is 2.78. The second kappa shape index (κ2) is 13.1. The van der Waals surface area contributed by atoms with Crippen molar-refractivity contribution in [1.82, 2.24) is 4.90 Å². The van der Waals surface area contributed by atoms with Crippen molar-refractivity contribution in [2.45, 2.75) is 38.8 Å². The van der Waals surface area contributed by atoms with E-state index in [2.05, 4.69) is 60.4 Å². The first-order chi connectivity index (χ1) is 16.0. The van der Waals surface area contributed by atoms with Gasteiger partial charge in [-0.1, -0.05) is 83.4 Å². The molecule has 3 rings (SSSR count). The molecule has 0 saturated heterocycles. The molecule has 0 aromatic heterocycles. The standard InChI is InChI=1S/C23H24Cl2N2.C2H3F2O2P/c1-17-5-7-18(8-6-17)14-27(15-20-4-2-3-19(11-20)13-26)16-21-9-10-22(24)23(25)12-21;3-2(4,7)1(5)6/h2-12H,13-16,26H2,1H3;7H2,(H,5,6). The van der Waals surface area contributed by atoms with Crippen LogP contribution in [0.3, 0.4) is 0 Å². The van der Waals surface area contributed by atoms with Crippen LogP contribution < -0.4 is 5.73 Å². The highest BCUT2D eigenvalue weighted by Crippen LogP contribution is 2.24. The summed E-state index contributed by atoms with van der Waals surface area (Å²) in [4.78, 5) is 11.7. The van der Waals surface area contributed by atoms with Gasteiger partial charge < -0.3 is 10.8 Å². The van der Waals surface area contributed by atoms with Gasteiger partial charge in [-0.2, -0.15) is 8.78 Å². The zero-order valence-electron chi connectivity index (χ0n) is 18.6. The largest absolute Gasteiger partial charge is 0.477 e. The number of aliphatic carboxylic acids is 1. The number of carboxylic acid groups (broad SMARTS) is 1. The Kier molecular flexibility index (Phi) is 10.9. The quantitative estimate of drug-likeness (QED) is 0.328. The maximum Gasteiger partial charge on any atom is 0.378 e. The van der Waals surface area contributed by atoms with E-state index in [4.69, 9.17) is 34.0 Å². The molecule has 34 heavy (non-hydrogen) atoms. The number of benzene rings is 3. The number of hydrogen-bond acceptors (Lipinski definition) is 3. The highest BCUT2D eigenvalue weighted by molar-refractivity contribution is 7.20. The molecule has 3 aromatic rings. The molecule has 1 unspecified atom stereocenters.